The van der Waals surface area contributed by atoms with Gasteiger partial charge in [0, 0.05) is 30.6 Å². The summed E-state index contributed by atoms with van der Waals surface area (Å²) in [5, 5.41) is 0. The fourth-order valence-corrected chi connectivity index (χ4v) is 4.60. The molecule has 1 aromatic heterocycles. The van der Waals surface area contributed by atoms with Crippen LogP contribution in [0.25, 0.3) is 11.4 Å². The molecule has 1 saturated heterocycles. The number of aromatic nitrogens is 2. The summed E-state index contributed by atoms with van der Waals surface area (Å²) in [6.07, 6.45) is 6.48. The van der Waals surface area contributed by atoms with Gasteiger partial charge in [-0.2, -0.15) is 0 Å². The number of nitrogens with two attached hydrogens (primary N) is 1. The summed E-state index contributed by atoms with van der Waals surface area (Å²) in [6.45, 7) is 2.36. The number of benzene rings is 1. The van der Waals surface area contributed by atoms with Crippen molar-refractivity contribution in [2.45, 2.75) is 51.0 Å². The number of likely N-dealkylation sites (tertiary alicyclic amines) is 1. The fourth-order valence-electron chi connectivity index (χ4n) is 4.60. The molecule has 1 aliphatic heterocycles. The van der Waals surface area contributed by atoms with Gasteiger partial charge < -0.3 is 10.7 Å². The van der Waals surface area contributed by atoms with E-state index in [1.54, 1.807) is 6.07 Å². The van der Waals surface area contributed by atoms with E-state index in [9.17, 15) is 9.59 Å². The maximum absolute atomic E-state index is 12.3. The van der Waals surface area contributed by atoms with Gasteiger partial charge in [-0.25, -0.2) is 4.98 Å². The van der Waals surface area contributed by atoms with Crippen LogP contribution in [-0.2, 0) is 11.3 Å². The van der Waals surface area contributed by atoms with E-state index in [4.69, 9.17) is 10.7 Å². The van der Waals surface area contributed by atoms with Crippen molar-refractivity contribution in [1.82, 2.24) is 14.9 Å². The number of H-pyrrole nitrogens is 1. The Labute approximate surface area is 165 Å². The number of carbonyl (C=O) groups excluding carboxylic acids is 1. The Morgan fingerprint density at radius 2 is 1.96 bits per heavy atom. The van der Waals surface area contributed by atoms with Crippen molar-refractivity contribution in [2.75, 3.05) is 13.1 Å². The molecule has 1 atom stereocenters. The maximum Gasteiger partial charge on any atom is 0.251 e. The number of carbonyl (C=O) groups is 1. The Morgan fingerprint density at radius 3 is 2.75 bits per heavy atom. The number of nitrogens with zero attached hydrogens (tertiary/aromatic N) is 2. The summed E-state index contributed by atoms with van der Waals surface area (Å²) in [4.78, 5) is 33.9. The lowest BCUT2D eigenvalue weighted by Gasteiger charge is -2.31. The highest BCUT2D eigenvalue weighted by Crippen LogP contribution is 2.33. The maximum atomic E-state index is 12.3. The molecule has 2 aromatic rings. The van der Waals surface area contributed by atoms with Gasteiger partial charge in [0.2, 0.25) is 5.91 Å². The van der Waals surface area contributed by atoms with E-state index in [0.717, 1.165) is 55.6 Å². The number of aromatic amines is 1. The number of hydrogen-bond acceptors (Lipinski definition) is 4. The Kier molecular flexibility index (Phi) is 5.57. The summed E-state index contributed by atoms with van der Waals surface area (Å²) >= 11 is 0. The largest absolute Gasteiger partial charge is 0.369 e. The smallest absolute Gasteiger partial charge is 0.251 e. The van der Waals surface area contributed by atoms with Crippen molar-refractivity contribution in [3.8, 4) is 11.4 Å². The predicted octanol–water partition coefficient (Wildman–Crippen LogP) is 2.79. The molecular formula is C22H28N4O2. The minimum absolute atomic E-state index is 0.0791. The number of hydrogen-bond donors (Lipinski definition) is 2. The van der Waals surface area contributed by atoms with Crippen molar-refractivity contribution in [3.63, 3.8) is 0 Å². The van der Waals surface area contributed by atoms with Gasteiger partial charge in [-0.3, -0.25) is 14.5 Å². The van der Waals surface area contributed by atoms with Crippen molar-refractivity contribution in [3.05, 3.63) is 51.9 Å². The molecule has 0 spiro atoms. The van der Waals surface area contributed by atoms with E-state index in [1.807, 2.05) is 18.2 Å². The molecule has 1 aromatic carbocycles. The van der Waals surface area contributed by atoms with Crippen LogP contribution in [0.5, 0.6) is 0 Å². The summed E-state index contributed by atoms with van der Waals surface area (Å²) in [6, 6.07) is 9.73. The number of primary amides is 1. The fraction of sp³-hybridized carbons (Fsp3) is 0.500. The molecular weight excluding hydrogens is 352 g/mol. The Morgan fingerprint density at radius 1 is 1.18 bits per heavy atom. The molecule has 0 bridgehead atoms. The average Bonchev–Trinajstić information content (AvgIpc) is 3.23. The van der Waals surface area contributed by atoms with Gasteiger partial charge >= 0.3 is 0 Å². The lowest BCUT2D eigenvalue weighted by molar-refractivity contribution is -0.123. The first kappa shape index (κ1) is 18.9. The van der Waals surface area contributed by atoms with Gasteiger partial charge in [-0.1, -0.05) is 37.1 Å². The van der Waals surface area contributed by atoms with Gasteiger partial charge in [0.05, 0.1) is 11.6 Å². The summed E-state index contributed by atoms with van der Waals surface area (Å²) in [7, 11) is 0. The van der Waals surface area contributed by atoms with E-state index in [0.29, 0.717) is 18.3 Å². The number of amides is 1. The Hall–Kier alpha value is -2.47. The third-order valence-corrected chi connectivity index (χ3v) is 6.11. The second-order valence-electron chi connectivity index (χ2n) is 8.13. The Bertz CT molecular complexity index is 901. The van der Waals surface area contributed by atoms with Crippen LogP contribution < -0.4 is 11.3 Å². The Balaban J connectivity index is 1.61. The van der Waals surface area contributed by atoms with E-state index < -0.39 is 0 Å². The van der Waals surface area contributed by atoms with Crippen molar-refractivity contribution >= 4 is 5.91 Å². The van der Waals surface area contributed by atoms with Crippen LogP contribution >= 0.6 is 0 Å². The van der Waals surface area contributed by atoms with E-state index in [1.165, 1.54) is 12.8 Å². The SMILES string of the molecule is NC(=O)C1CCCN(Cc2ccccc2-c2nc(C3CCCC3)cc(=O)[nH]2)C1. The molecule has 28 heavy (non-hydrogen) atoms. The molecule has 1 aliphatic carbocycles. The number of nitrogens with one attached hydrogen (secondary N) is 1. The highest BCUT2D eigenvalue weighted by Gasteiger charge is 2.25. The molecule has 2 heterocycles. The first-order valence-corrected chi connectivity index (χ1v) is 10.3. The molecule has 1 unspecified atom stereocenters. The normalized spacial score (nSPS) is 21.1. The van der Waals surface area contributed by atoms with Crippen LogP contribution in [0, 0.1) is 5.92 Å². The zero-order chi connectivity index (χ0) is 19.5. The van der Waals surface area contributed by atoms with Crippen molar-refractivity contribution in [2.24, 2.45) is 11.7 Å². The summed E-state index contributed by atoms with van der Waals surface area (Å²) in [5.41, 5.74) is 8.42. The van der Waals surface area contributed by atoms with E-state index >= 15 is 0 Å². The highest BCUT2D eigenvalue weighted by molar-refractivity contribution is 5.77. The minimum Gasteiger partial charge on any atom is -0.369 e. The minimum atomic E-state index is -0.215. The quantitative estimate of drug-likeness (QED) is 0.834. The number of piperidine rings is 1. The molecule has 6 nitrogen and oxygen atoms in total. The molecule has 3 N–H and O–H groups in total. The van der Waals surface area contributed by atoms with Crippen LogP contribution in [0.2, 0.25) is 0 Å². The molecule has 2 aliphatic rings. The number of rotatable bonds is 5. The van der Waals surface area contributed by atoms with Crippen molar-refractivity contribution in [1.29, 1.82) is 0 Å². The standard InChI is InChI=1S/C22H28N4O2/c23-21(28)17-9-5-11-26(14-17)13-16-8-3-4-10-18(16)22-24-19(12-20(27)25-22)15-6-1-2-7-15/h3-4,8,10,12,15,17H,1-2,5-7,9,11,13-14H2,(H2,23,28)(H,24,25,27). The van der Waals surface area contributed by atoms with E-state index in [-0.39, 0.29) is 17.4 Å². The lowest BCUT2D eigenvalue weighted by atomic mass is 9.96. The molecule has 1 saturated carbocycles. The zero-order valence-electron chi connectivity index (χ0n) is 16.2. The molecule has 148 valence electrons. The molecule has 0 radical (unpaired) electrons. The van der Waals surface area contributed by atoms with Gasteiger partial charge in [0.1, 0.15) is 5.82 Å². The van der Waals surface area contributed by atoms with Gasteiger partial charge in [-0.15, -0.1) is 0 Å². The van der Waals surface area contributed by atoms with Crippen LogP contribution in [0.4, 0.5) is 0 Å². The van der Waals surface area contributed by atoms with Gasteiger partial charge in [0.25, 0.3) is 5.56 Å². The molecule has 2 fully saturated rings. The third-order valence-electron chi connectivity index (χ3n) is 6.11. The first-order valence-electron chi connectivity index (χ1n) is 10.3. The molecule has 4 rings (SSSR count). The van der Waals surface area contributed by atoms with Crippen molar-refractivity contribution < 1.29 is 4.79 Å². The highest BCUT2D eigenvalue weighted by atomic mass is 16.1. The first-order chi connectivity index (χ1) is 13.6. The third kappa shape index (κ3) is 4.17. The second kappa shape index (κ2) is 8.27. The van der Waals surface area contributed by atoms with E-state index in [2.05, 4.69) is 16.0 Å². The monoisotopic (exact) mass is 380 g/mol. The van der Waals surface area contributed by atoms with Crippen LogP contribution in [0.1, 0.15) is 55.7 Å². The molecule has 6 heteroatoms. The zero-order valence-corrected chi connectivity index (χ0v) is 16.2. The predicted molar refractivity (Wildman–Crippen MR) is 109 cm³/mol. The lowest BCUT2D eigenvalue weighted by Crippen LogP contribution is -2.40. The van der Waals surface area contributed by atoms with Crippen LogP contribution in [-0.4, -0.2) is 33.9 Å². The van der Waals surface area contributed by atoms with Gasteiger partial charge in [0.15, 0.2) is 0 Å². The second-order valence-corrected chi connectivity index (χ2v) is 8.13. The average molecular weight is 380 g/mol. The van der Waals surface area contributed by atoms with Gasteiger partial charge in [-0.05, 0) is 37.8 Å². The van der Waals surface area contributed by atoms with Crippen LogP contribution in [0.15, 0.2) is 35.1 Å². The summed E-state index contributed by atoms with van der Waals surface area (Å²) < 4.78 is 0. The van der Waals surface area contributed by atoms with Crippen LogP contribution in [0.3, 0.4) is 0 Å². The summed E-state index contributed by atoms with van der Waals surface area (Å²) in [5.74, 6) is 0.748. The topological polar surface area (TPSA) is 92.1 Å². The molecule has 1 amide bonds.